The third-order valence-electron chi connectivity index (χ3n) is 3.70. The minimum Gasteiger partial charge on any atom is -0.363 e. The van der Waals surface area contributed by atoms with Crippen molar-refractivity contribution >= 4 is 5.91 Å². The molecule has 0 spiro atoms. The zero-order valence-corrected chi connectivity index (χ0v) is 9.83. The molecule has 0 saturated carbocycles. The lowest BCUT2D eigenvalue weighted by Crippen LogP contribution is -2.45. The van der Waals surface area contributed by atoms with E-state index in [-0.39, 0.29) is 18.0 Å². The van der Waals surface area contributed by atoms with Crippen molar-refractivity contribution in [3.63, 3.8) is 0 Å². The molecule has 0 unspecified atom stereocenters. The predicted molar refractivity (Wildman–Crippen MR) is 55.1 cm³/mol. The maximum Gasteiger partial charge on any atom is 0.234 e. The van der Waals surface area contributed by atoms with Gasteiger partial charge in [0.15, 0.2) is 5.79 Å². The molecule has 0 bridgehead atoms. The van der Waals surface area contributed by atoms with E-state index in [2.05, 4.69) is 0 Å². The molecule has 2 atom stereocenters. The summed E-state index contributed by atoms with van der Waals surface area (Å²) >= 11 is 0. The molecule has 1 amide bonds. The van der Waals surface area contributed by atoms with Gasteiger partial charge in [-0.05, 0) is 34.1 Å². The Labute approximate surface area is 90.2 Å². The second kappa shape index (κ2) is 2.74. The molecule has 2 fully saturated rings. The van der Waals surface area contributed by atoms with Gasteiger partial charge < -0.3 is 14.7 Å². The summed E-state index contributed by atoms with van der Waals surface area (Å²) in [6, 6.07) is 0. The van der Waals surface area contributed by atoms with Crippen LogP contribution in [0.25, 0.3) is 0 Å². The summed E-state index contributed by atoms with van der Waals surface area (Å²) in [6.45, 7) is 8.46. The van der Waals surface area contributed by atoms with Gasteiger partial charge in [0.25, 0.3) is 0 Å². The number of aliphatic hydroxyl groups is 1. The fourth-order valence-electron chi connectivity index (χ4n) is 2.40. The van der Waals surface area contributed by atoms with Gasteiger partial charge in [-0.3, -0.25) is 4.79 Å². The van der Waals surface area contributed by atoms with Crippen LogP contribution in [-0.2, 0) is 9.53 Å². The van der Waals surface area contributed by atoms with Gasteiger partial charge in [0.2, 0.25) is 5.91 Å². The number of likely N-dealkylation sites (tertiary alicyclic amines) is 1. The second-order valence-electron chi connectivity index (χ2n) is 5.78. The van der Waals surface area contributed by atoms with Gasteiger partial charge in [-0.15, -0.1) is 0 Å². The summed E-state index contributed by atoms with van der Waals surface area (Å²) in [5.41, 5.74) is -1.01. The highest BCUT2D eigenvalue weighted by atomic mass is 16.6. The van der Waals surface area contributed by atoms with Crippen LogP contribution >= 0.6 is 0 Å². The zero-order valence-electron chi connectivity index (χ0n) is 9.83. The Hall–Kier alpha value is -0.610. The molecule has 4 heteroatoms. The van der Waals surface area contributed by atoms with E-state index < -0.39 is 11.2 Å². The average Bonchev–Trinajstić information content (AvgIpc) is 2.46. The van der Waals surface area contributed by atoms with Crippen LogP contribution in [0.15, 0.2) is 0 Å². The number of hydrogen-bond donors (Lipinski definition) is 1. The largest absolute Gasteiger partial charge is 0.363 e. The number of amides is 1. The van der Waals surface area contributed by atoms with Gasteiger partial charge >= 0.3 is 0 Å². The standard InChI is InChI=1S/C11H19NO3/c1-9(2,3)12-7-11(14)10(4,8(12)13)5-6-15-11/h14H,5-7H2,1-4H3/t10-,11-/m1/s1. The molecular formula is C11H19NO3. The summed E-state index contributed by atoms with van der Waals surface area (Å²) in [7, 11) is 0. The molecule has 0 aromatic carbocycles. The minimum absolute atomic E-state index is 0.00926. The van der Waals surface area contributed by atoms with Gasteiger partial charge in [-0.1, -0.05) is 0 Å². The molecular weight excluding hydrogens is 194 g/mol. The van der Waals surface area contributed by atoms with E-state index in [4.69, 9.17) is 4.74 Å². The first-order chi connectivity index (χ1) is 6.71. The van der Waals surface area contributed by atoms with Crippen molar-refractivity contribution < 1.29 is 14.6 Å². The summed E-state index contributed by atoms with van der Waals surface area (Å²) in [5, 5.41) is 10.3. The molecule has 2 rings (SSSR count). The summed E-state index contributed by atoms with van der Waals surface area (Å²) in [5.74, 6) is -1.27. The van der Waals surface area contributed by atoms with E-state index in [0.29, 0.717) is 13.0 Å². The third-order valence-corrected chi connectivity index (χ3v) is 3.70. The number of nitrogens with zero attached hydrogens (tertiary/aromatic N) is 1. The first kappa shape index (κ1) is 10.9. The number of ether oxygens (including phenoxy) is 1. The molecule has 2 aliphatic heterocycles. The Morgan fingerprint density at radius 1 is 1.47 bits per heavy atom. The highest BCUT2D eigenvalue weighted by Crippen LogP contribution is 2.50. The van der Waals surface area contributed by atoms with Crippen LogP contribution in [-0.4, -0.2) is 40.4 Å². The van der Waals surface area contributed by atoms with Crippen LogP contribution in [0.2, 0.25) is 0 Å². The fraction of sp³-hybridized carbons (Fsp3) is 0.909. The highest BCUT2D eigenvalue weighted by molar-refractivity contribution is 5.87. The second-order valence-corrected chi connectivity index (χ2v) is 5.78. The Balaban J connectivity index is 2.37. The van der Waals surface area contributed by atoms with Crippen molar-refractivity contribution in [2.24, 2.45) is 5.41 Å². The normalized spacial score (nSPS) is 41.1. The molecule has 4 nitrogen and oxygen atoms in total. The monoisotopic (exact) mass is 213 g/mol. The predicted octanol–water partition coefficient (Wildman–Crippen LogP) is 0.742. The Kier molecular flexibility index (Phi) is 1.99. The van der Waals surface area contributed by atoms with Crippen LogP contribution in [0.4, 0.5) is 0 Å². The van der Waals surface area contributed by atoms with Gasteiger partial charge in [0.1, 0.15) is 5.41 Å². The molecule has 0 aliphatic carbocycles. The Morgan fingerprint density at radius 2 is 2.07 bits per heavy atom. The maximum absolute atomic E-state index is 12.2. The molecule has 2 saturated heterocycles. The highest BCUT2D eigenvalue weighted by Gasteiger charge is 2.65. The first-order valence-corrected chi connectivity index (χ1v) is 5.39. The smallest absolute Gasteiger partial charge is 0.234 e. The summed E-state index contributed by atoms with van der Waals surface area (Å²) in [4.78, 5) is 14.0. The molecule has 0 aromatic heterocycles. The van der Waals surface area contributed by atoms with E-state index in [1.807, 2.05) is 20.8 Å². The van der Waals surface area contributed by atoms with E-state index in [1.165, 1.54) is 0 Å². The molecule has 2 aliphatic rings. The number of carbonyl (C=O) groups is 1. The van der Waals surface area contributed by atoms with Gasteiger partial charge in [0, 0.05) is 5.54 Å². The maximum atomic E-state index is 12.2. The van der Waals surface area contributed by atoms with E-state index in [0.717, 1.165) is 0 Å². The Morgan fingerprint density at radius 3 is 2.53 bits per heavy atom. The van der Waals surface area contributed by atoms with Crippen molar-refractivity contribution in [3.05, 3.63) is 0 Å². The quantitative estimate of drug-likeness (QED) is 0.645. The van der Waals surface area contributed by atoms with Crippen molar-refractivity contribution in [3.8, 4) is 0 Å². The van der Waals surface area contributed by atoms with E-state index in [9.17, 15) is 9.90 Å². The molecule has 86 valence electrons. The van der Waals surface area contributed by atoms with Crippen molar-refractivity contribution in [1.29, 1.82) is 0 Å². The lowest BCUT2D eigenvalue weighted by molar-refractivity contribution is -0.201. The first-order valence-electron chi connectivity index (χ1n) is 5.39. The molecule has 2 heterocycles. The number of carbonyl (C=O) groups excluding carboxylic acids is 1. The molecule has 0 aromatic rings. The fourth-order valence-corrected chi connectivity index (χ4v) is 2.40. The third kappa shape index (κ3) is 1.24. The van der Waals surface area contributed by atoms with Crippen LogP contribution in [0, 0.1) is 5.41 Å². The summed E-state index contributed by atoms with van der Waals surface area (Å²) < 4.78 is 5.36. The lowest BCUT2D eigenvalue weighted by atomic mass is 9.82. The Bertz CT molecular complexity index is 309. The van der Waals surface area contributed by atoms with Gasteiger partial charge in [-0.25, -0.2) is 0 Å². The molecule has 0 radical (unpaired) electrons. The van der Waals surface area contributed by atoms with E-state index >= 15 is 0 Å². The lowest BCUT2D eigenvalue weighted by Gasteiger charge is -2.33. The van der Waals surface area contributed by atoms with E-state index in [1.54, 1.807) is 11.8 Å². The minimum atomic E-state index is -1.28. The van der Waals surface area contributed by atoms with Crippen LogP contribution in [0.1, 0.15) is 34.1 Å². The zero-order chi connectivity index (χ0) is 11.5. The van der Waals surface area contributed by atoms with Gasteiger partial charge in [-0.2, -0.15) is 0 Å². The topological polar surface area (TPSA) is 49.8 Å². The average molecular weight is 213 g/mol. The van der Waals surface area contributed by atoms with Crippen LogP contribution < -0.4 is 0 Å². The summed E-state index contributed by atoms with van der Waals surface area (Å²) in [6.07, 6.45) is 0.606. The number of fused-ring (bicyclic) bond motifs is 1. The molecule has 15 heavy (non-hydrogen) atoms. The van der Waals surface area contributed by atoms with Crippen LogP contribution in [0.5, 0.6) is 0 Å². The number of hydrogen-bond acceptors (Lipinski definition) is 3. The van der Waals surface area contributed by atoms with Crippen LogP contribution in [0.3, 0.4) is 0 Å². The van der Waals surface area contributed by atoms with Crippen molar-refractivity contribution in [2.45, 2.75) is 45.4 Å². The SMILES string of the molecule is CC(C)(C)N1C[C@@]2(O)OCC[C@]2(C)C1=O. The van der Waals surface area contributed by atoms with Gasteiger partial charge in [0.05, 0.1) is 13.2 Å². The molecule has 1 N–H and O–H groups in total. The van der Waals surface area contributed by atoms with Crippen molar-refractivity contribution in [1.82, 2.24) is 4.90 Å². The number of rotatable bonds is 0. The van der Waals surface area contributed by atoms with Crippen molar-refractivity contribution in [2.75, 3.05) is 13.2 Å². The number of β-amino-alcohol motifs (C(OH)–C–C–N with tert-alkyl or cyclic N) is 1.